The number of aryl methyl sites for hydroxylation is 1. The highest BCUT2D eigenvalue weighted by molar-refractivity contribution is 7.17. The zero-order chi connectivity index (χ0) is 13.1. The lowest BCUT2D eigenvalue weighted by Gasteiger charge is -2.04. The first-order valence-corrected chi connectivity index (χ1v) is 6.51. The molecule has 0 unspecified atom stereocenters. The van der Waals surface area contributed by atoms with Crippen LogP contribution in [0.3, 0.4) is 0 Å². The summed E-state index contributed by atoms with van der Waals surface area (Å²) in [6.07, 6.45) is 0. The van der Waals surface area contributed by atoms with E-state index in [4.69, 9.17) is 17.3 Å². The number of carbonyl (C=O) groups excluding carboxylic acids is 1. The Morgan fingerprint density at radius 1 is 1.56 bits per heavy atom. The molecule has 2 aromatic rings. The fraction of sp³-hybridized carbons (Fsp3) is 0.167. The van der Waals surface area contributed by atoms with Crippen molar-refractivity contribution in [2.24, 2.45) is 0 Å². The molecule has 0 aliphatic rings. The summed E-state index contributed by atoms with van der Waals surface area (Å²) in [4.78, 5) is 16.5. The van der Waals surface area contributed by atoms with E-state index in [-0.39, 0.29) is 5.91 Å². The molecule has 0 saturated heterocycles. The van der Waals surface area contributed by atoms with E-state index < -0.39 is 0 Å². The first-order chi connectivity index (χ1) is 8.56. The Labute approximate surface area is 114 Å². The molecule has 1 amide bonds. The quantitative estimate of drug-likeness (QED) is 0.909. The molecule has 6 heteroatoms. The van der Waals surface area contributed by atoms with Gasteiger partial charge in [-0.15, -0.1) is 0 Å². The molecule has 2 rings (SSSR count). The SMILES string of the molecule is Cc1nc(N)sc1C(=O)NCc1cccc(Cl)c1. The topological polar surface area (TPSA) is 68.0 Å². The van der Waals surface area contributed by atoms with Crippen LogP contribution in [-0.2, 0) is 6.54 Å². The van der Waals surface area contributed by atoms with Gasteiger partial charge >= 0.3 is 0 Å². The minimum Gasteiger partial charge on any atom is -0.375 e. The average Bonchev–Trinajstić information content (AvgIpc) is 2.66. The van der Waals surface area contributed by atoms with Crippen molar-refractivity contribution in [3.63, 3.8) is 0 Å². The van der Waals surface area contributed by atoms with Crippen LogP contribution in [0.1, 0.15) is 20.9 Å². The molecule has 1 aromatic heterocycles. The van der Waals surface area contributed by atoms with Crippen molar-refractivity contribution in [1.29, 1.82) is 0 Å². The number of hydrogen-bond donors (Lipinski definition) is 2. The second kappa shape index (κ2) is 5.37. The number of benzene rings is 1. The van der Waals surface area contributed by atoms with Gasteiger partial charge in [-0.1, -0.05) is 35.1 Å². The molecule has 3 N–H and O–H groups in total. The monoisotopic (exact) mass is 281 g/mol. The van der Waals surface area contributed by atoms with Crippen molar-refractivity contribution in [3.05, 3.63) is 45.4 Å². The fourth-order valence-electron chi connectivity index (χ4n) is 1.54. The van der Waals surface area contributed by atoms with Gasteiger partial charge in [-0.25, -0.2) is 4.98 Å². The van der Waals surface area contributed by atoms with Crippen molar-refractivity contribution in [3.8, 4) is 0 Å². The van der Waals surface area contributed by atoms with Crippen LogP contribution in [0, 0.1) is 6.92 Å². The van der Waals surface area contributed by atoms with Crippen LogP contribution in [0.25, 0.3) is 0 Å². The summed E-state index contributed by atoms with van der Waals surface area (Å²) in [6.45, 7) is 2.19. The van der Waals surface area contributed by atoms with Crippen LogP contribution >= 0.6 is 22.9 Å². The number of hydrogen-bond acceptors (Lipinski definition) is 4. The van der Waals surface area contributed by atoms with E-state index in [9.17, 15) is 4.79 Å². The summed E-state index contributed by atoms with van der Waals surface area (Å²) in [6, 6.07) is 7.36. The maximum Gasteiger partial charge on any atom is 0.263 e. The normalized spacial score (nSPS) is 10.3. The highest BCUT2D eigenvalue weighted by Gasteiger charge is 2.13. The third-order valence-electron chi connectivity index (χ3n) is 2.36. The van der Waals surface area contributed by atoms with Crippen molar-refractivity contribution in [1.82, 2.24) is 10.3 Å². The number of aromatic nitrogens is 1. The highest BCUT2D eigenvalue weighted by atomic mass is 35.5. The summed E-state index contributed by atoms with van der Waals surface area (Å²) in [5.41, 5.74) is 7.16. The van der Waals surface area contributed by atoms with Crippen molar-refractivity contribution in [2.45, 2.75) is 13.5 Å². The Morgan fingerprint density at radius 2 is 2.33 bits per heavy atom. The summed E-state index contributed by atoms with van der Waals surface area (Å²) in [5, 5.41) is 3.87. The summed E-state index contributed by atoms with van der Waals surface area (Å²) in [5.74, 6) is -0.165. The van der Waals surface area contributed by atoms with Crippen LogP contribution in [0.2, 0.25) is 5.02 Å². The van der Waals surface area contributed by atoms with Gasteiger partial charge in [-0.2, -0.15) is 0 Å². The molecule has 0 bridgehead atoms. The zero-order valence-electron chi connectivity index (χ0n) is 9.74. The van der Waals surface area contributed by atoms with Gasteiger partial charge < -0.3 is 11.1 Å². The van der Waals surface area contributed by atoms with Crippen LogP contribution in [0.15, 0.2) is 24.3 Å². The number of nitrogens with one attached hydrogen (secondary N) is 1. The molecule has 0 saturated carbocycles. The molecule has 0 aliphatic carbocycles. The van der Waals surface area contributed by atoms with Gasteiger partial charge in [0, 0.05) is 11.6 Å². The molecule has 18 heavy (non-hydrogen) atoms. The number of thiazole rings is 1. The van der Waals surface area contributed by atoms with Gasteiger partial charge in [0.15, 0.2) is 5.13 Å². The third-order valence-corrected chi connectivity index (χ3v) is 3.58. The molecule has 0 radical (unpaired) electrons. The Bertz CT molecular complexity index is 582. The van der Waals surface area contributed by atoms with E-state index in [0.717, 1.165) is 5.56 Å². The Balaban J connectivity index is 2.03. The van der Waals surface area contributed by atoms with E-state index in [2.05, 4.69) is 10.3 Å². The first kappa shape index (κ1) is 12.9. The van der Waals surface area contributed by atoms with E-state index in [0.29, 0.717) is 27.3 Å². The number of halogens is 1. The maximum absolute atomic E-state index is 11.9. The number of amides is 1. The molecule has 0 aliphatic heterocycles. The van der Waals surface area contributed by atoms with Gasteiger partial charge in [0.1, 0.15) is 4.88 Å². The van der Waals surface area contributed by atoms with Crippen LogP contribution in [0.5, 0.6) is 0 Å². The fourth-order valence-corrected chi connectivity index (χ4v) is 2.50. The van der Waals surface area contributed by atoms with Crippen LogP contribution in [-0.4, -0.2) is 10.9 Å². The molecule has 94 valence electrons. The van der Waals surface area contributed by atoms with Crippen LogP contribution < -0.4 is 11.1 Å². The number of nitrogen functional groups attached to an aromatic ring is 1. The van der Waals surface area contributed by atoms with Crippen LogP contribution in [0.4, 0.5) is 5.13 Å². The minimum absolute atomic E-state index is 0.165. The predicted molar refractivity (Wildman–Crippen MR) is 73.9 cm³/mol. The lowest BCUT2D eigenvalue weighted by molar-refractivity contribution is 0.0954. The summed E-state index contributed by atoms with van der Waals surface area (Å²) in [7, 11) is 0. The Kier molecular flexibility index (Phi) is 3.84. The number of nitrogens with zero attached hydrogens (tertiary/aromatic N) is 1. The van der Waals surface area contributed by atoms with E-state index in [1.165, 1.54) is 11.3 Å². The predicted octanol–water partition coefficient (Wildman–Crippen LogP) is 2.62. The van der Waals surface area contributed by atoms with E-state index in [1.54, 1.807) is 13.0 Å². The molecular formula is C12H12ClN3OS. The zero-order valence-corrected chi connectivity index (χ0v) is 11.3. The lowest BCUT2D eigenvalue weighted by Crippen LogP contribution is -2.22. The number of carbonyl (C=O) groups is 1. The molecule has 1 heterocycles. The van der Waals surface area contributed by atoms with E-state index in [1.807, 2.05) is 18.2 Å². The van der Waals surface area contributed by atoms with Gasteiger partial charge in [-0.3, -0.25) is 4.79 Å². The number of nitrogens with two attached hydrogens (primary N) is 1. The molecule has 0 atom stereocenters. The molecule has 4 nitrogen and oxygen atoms in total. The highest BCUT2D eigenvalue weighted by Crippen LogP contribution is 2.19. The molecule has 1 aromatic carbocycles. The lowest BCUT2D eigenvalue weighted by atomic mass is 10.2. The molecule has 0 fully saturated rings. The van der Waals surface area contributed by atoms with Crippen molar-refractivity contribution >= 4 is 34.0 Å². The third kappa shape index (κ3) is 3.00. The largest absolute Gasteiger partial charge is 0.375 e. The van der Waals surface area contributed by atoms with Crippen molar-refractivity contribution in [2.75, 3.05) is 5.73 Å². The Hall–Kier alpha value is -1.59. The van der Waals surface area contributed by atoms with Gasteiger partial charge in [0.25, 0.3) is 5.91 Å². The maximum atomic E-state index is 11.9. The minimum atomic E-state index is -0.165. The molecular weight excluding hydrogens is 270 g/mol. The van der Waals surface area contributed by atoms with Gasteiger partial charge in [0.2, 0.25) is 0 Å². The number of anilines is 1. The average molecular weight is 282 g/mol. The second-order valence-corrected chi connectivity index (χ2v) is 5.25. The van der Waals surface area contributed by atoms with Gasteiger partial charge in [0.05, 0.1) is 5.69 Å². The smallest absolute Gasteiger partial charge is 0.263 e. The first-order valence-electron chi connectivity index (χ1n) is 5.32. The second-order valence-electron chi connectivity index (χ2n) is 3.78. The molecule has 0 spiro atoms. The summed E-state index contributed by atoms with van der Waals surface area (Å²) < 4.78 is 0. The number of rotatable bonds is 3. The van der Waals surface area contributed by atoms with Gasteiger partial charge in [-0.05, 0) is 24.6 Å². The Morgan fingerprint density at radius 3 is 2.94 bits per heavy atom. The summed E-state index contributed by atoms with van der Waals surface area (Å²) >= 11 is 7.06. The van der Waals surface area contributed by atoms with E-state index >= 15 is 0 Å². The standard InChI is InChI=1S/C12H12ClN3OS/c1-7-10(18-12(14)16-7)11(17)15-6-8-3-2-4-9(13)5-8/h2-5H,6H2,1H3,(H2,14,16)(H,15,17). The van der Waals surface area contributed by atoms with Crippen molar-refractivity contribution < 1.29 is 4.79 Å².